The van der Waals surface area contributed by atoms with E-state index >= 15 is 0 Å². The average molecular weight is 629 g/mol. The van der Waals surface area contributed by atoms with Gasteiger partial charge < -0.3 is 14.4 Å². The molecule has 2 heterocycles. The van der Waals surface area contributed by atoms with E-state index < -0.39 is 21.4 Å². The predicted octanol–water partition coefficient (Wildman–Crippen LogP) is 5.94. The Hall–Kier alpha value is -3.44. The molecular weight excluding hydrogens is 583 g/mol. The molecule has 0 spiro atoms. The molecule has 1 fully saturated rings. The zero-order valence-corrected chi connectivity index (χ0v) is 26.7. The second-order valence-corrected chi connectivity index (χ2v) is 13.1. The molecule has 11 heteroatoms. The van der Waals surface area contributed by atoms with Gasteiger partial charge in [-0.25, -0.2) is 12.8 Å². The van der Waals surface area contributed by atoms with E-state index in [9.17, 15) is 17.6 Å². The van der Waals surface area contributed by atoms with Gasteiger partial charge in [-0.05, 0) is 24.5 Å². The minimum atomic E-state index is -3.50. The third kappa shape index (κ3) is 9.28. The molecule has 2 aromatic carbocycles. The summed E-state index contributed by atoms with van der Waals surface area (Å²) in [4.78, 5) is 15.7. The highest BCUT2D eigenvalue weighted by molar-refractivity contribution is 7.88. The summed E-state index contributed by atoms with van der Waals surface area (Å²) in [6.45, 7) is 6.38. The molecule has 1 saturated heterocycles. The molecule has 240 valence electrons. The lowest BCUT2D eigenvalue weighted by Crippen LogP contribution is -2.49. The van der Waals surface area contributed by atoms with E-state index in [1.165, 1.54) is 16.4 Å². The minimum Gasteiger partial charge on any atom is -0.493 e. The first-order valence-corrected chi connectivity index (χ1v) is 17.4. The largest absolute Gasteiger partial charge is 0.493 e. The Morgan fingerprint density at radius 3 is 2.16 bits per heavy atom. The van der Waals surface area contributed by atoms with Crippen molar-refractivity contribution < 1.29 is 22.3 Å². The minimum absolute atomic E-state index is 0.0599. The third-order valence-corrected chi connectivity index (χ3v) is 9.54. The molecule has 44 heavy (non-hydrogen) atoms. The molecular formula is C33H45FN4O5S. The lowest BCUT2D eigenvalue weighted by atomic mass is 10.2. The van der Waals surface area contributed by atoms with Crippen LogP contribution in [-0.2, 0) is 15.8 Å². The highest BCUT2D eigenvalue weighted by atomic mass is 32.2. The fraction of sp³-hybridized carbons (Fsp3) is 0.515. The van der Waals surface area contributed by atoms with Crippen LogP contribution in [0.15, 0.2) is 59.5 Å². The number of benzene rings is 2. The first-order chi connectivity index (χ1) is 21.3. The van der Waals surface area contributed by atoms with Crippen molar-refractivity contribution in [2.24, 2.45) is 0 Å². The molecule has 0 bridgehead atoms. The Morgan fingerprint density at radius 2 is 1.50 bits per heavy atom. The predicted molar refractivity (Wildman–Crippen MR) is 172 cm³/mol. The van der Waals surface area contributed by atoms with Crippen LogP contribution >= 0.6 is 0 Å². The van der Waals surface area contributed by atoms with E-state index in [4.69, 9.17) is 9.47 Å². The normalized spacial score (nSPS) is 14.1. The van der Waals surface area contributed by atoms with Crippen molar-refractivity contribution in [2.75, 3.05) is 44.3 Å². The number of unbranched alkanes of at least 4 members (excludes halogenated alkanes) is 6. The summed E-state index contributed by atoms with van der Waals surface area (Å²) in [5, 5.41) is 4.40. The zero-order chi connectivity index (χ0) is 31.4. The summed E-state index contributed by atoms with van der Waals surface area (Å²) in [7, 11) is -3.50. The van der Waals surface area contributed by atoms with Gasteiger partial charge in [0.15, 0.2) is 0 Å². The molecule has 0 saturated carbocycles. The van der Waals surface area contributed by atoms with Gasteiger partial charge in [0.1, 0.15) is 17.3 Å². The SMILES string of the molecule is CCCCCCOc1cc(F)cc(-n2ncc(N3CCN(S(=O)(=O)Cc4ccccc4)CC3)c(OCCCCCC)c2=O)c1. The van der Waals surface area contributed by atoms with Crippen LogP contribution in [0.1, 0.15) is 70.8 Å². The molecule has 1 aromatic heterocycles. The molecule has 0 unspecified atom stereocenters. The van der Waals surface area contributed by atoms with Crippen LogP contribution in [0, 0.1) is 5.82 Å². The van der Waals surface area contributed by atoms with Gasteiger partial charge in [-0.2, -0.15) is 14.1 Å². The van der Waals surface area contributed by atoms with Crippen molar-refractivity contribution in [3.05, 3.63) is 76.5 Å². The molecule has 1 aliphatic rings. The Kier molecular flexibility index (Phi) is 12.6. The van der Waals surface area contributed by atoms with Crippen LogP contribution in [0.5, 0.6) is 11.5 Å². The van der Waals surface area contributed by atoms with E-state index in [1.54, 1.807) is 24.4 Å². The quantitative estimate of drug-likeness (QED) is 0.171. The van der Waals surface area contributed by atoms with E-state index in [0.29, 0.717) is 37.7 Å². The van der Waals surface area contributed by atoms with Gasteiger partial charge in [-0.1, -0.05) is 82.7 Å². The van der Waals surface area contributed by atoms with E-state index in [0.717, 1.165) is 61.6 Å². The lowest BCUT2D eigenvalue weighted by Gasteiger charge is -2.35. The van der Waals surface area contributed by atoms with Crippen molar-refractivity contribution in [3.63, 3.8) is 0 Å². The van der Waals surface area contributed by atoms with Gasteiger partial charge >= 0.3 is 5.56 Å². The number of anilines is 1. The van der Waals surface area contributed by atoms with Gasteiger partial charge in [0.25, 0.3) is 0 Å². The summed E-state index contributed by atoms with van der Waals surface area (Å²) in [5.41, 5.74) is 0.990. The van der Waals surface area contributed by atoms with Gasteiger partial charge in [0.2, 0.25) is 15.8 Å². The number of rotatable bonds is 17. The number of aromatic nitrogens is 2. The fourth-order valence-corrected chi connectivity index (χ4v) is 6.75. The fourth-order valence-electron chi connectivity index (χ4n) is 5.23. The Labute approximate surface area is 260 Å². The standard InChI is InChI=1S/C33H45FN4O5S/c1-3-5-7-12-20-42-30-23-28(34)22-29(24-30)38-33(39)32(43-21-13-8-6-4-2)31(25-35-38)36-16-18-37(19-17-36)44(40,41)26-27-14-10-9-11-15-27/h9-11,14-15,22-25H,3-8,12-13,16-21,26H2,1-2H3. The molecule has 0 N–H and O–H groups in total. The Bertz CT molecular complexity index is 1490. The summed E-state index contributed by atoms with van der Waals surface area (Å²) in [5.74, 6) is -0.124. The summed E-state index contributed by atoms with van der Waals surface area (Å²) >= 11 is 0. The van der Waals surface area contributed by atoms with Crippen LogP contribution in [0.25, 0.3) is 5.69 Å². The molecule has 0 aliphatic carbocycles. The topological polar surface area (TPSA) is 94.0 Å². The monoisotopic (exact) mass is 628 g/mol. The third-order valence-electron chi connectivity index (χ3n) is 7.69. The molecule has 0 amide bonds. The van der Waals surface area contributed by atoms with Crippen molar-refractivity contribution in [3.8, 4) is 17.2 Å². The maximum Gasteiger partial charge on any atom is 0.316 e. The maximum absolute atomic E-state index is 14.6. The first-order valence-electron chi connectivity index (χ1n) is 15.8. The molecule has 0 radical (unpaired) electrons. The van der Waals surface area contributed by atoms with Gasteiger partial charge in [0, 0.05) is 38.3 Å². The van der Waals surface area contributed by atoms with Crippen LogP contribution in [0.3, 0.4) is 0 Å². The van der Waals surface area contributed by atoms with Gasteiger partial charge in [-0.3, -0.25) is 4.79 Å². The van der Waals surface area contributed by atoms with Crippen LogP contribution < -0.4 is 19.9 Å². The van der Waals surface area contributed by atoms with Crippen LogP contribution in [0.4, 0.5) is 10.1 Å². The maximum atomic E-state index is 14.6. The van der Waals surface area contributed by atoms with Crippen molar-refractivity contribution in [1.29, 1.82) is 0 Å². The Balaban J connectivity index is 1.53. The molecule has 1 aliphatic heterocycles. The van der Waals surface area contributed by atoms with E-state index in [2.05, 4.69) is 18.9 Å². The average Bonchev–Trinajstić information content (AvgIpc) is 3.01. The first kappa shape index (κ1) is 33.5. The van der Waals surface area contributed by atoms with E-state index in [-0.39, 0.29) is 30.3 Å². The lowest BCUT2D eigenvalue weighted by molar-refractivity contribution is 0.297. The summed E-state index contributed by atoms with van der Waals surface area (Å²) in [6.07, 6.45) is 9.59. The van der Waals surface area contributed by atoms with Crippen molar-refractivity contribution in [2.45, 2.75) is 71.0 Å². The summed E-state index contributed by atoms with van der Waals surface area (Å²) in [6, 6.07) is 13.3. The Morgan fingerprint density at radius 1 is 0.841 bits per heavy atom. The number of nitrogens with zero attached hydrogens (tertiary/aromatic N) is 4. The molecule has 4 rings (SSSR count). The highest BCUT2D eigenvalue weighted by Gasteiger charge is 2.29. The number of hydrogen-bond acceptors (Lipinski definition) is 7. The molecule has 0 atom stereocenters. The summed E-state index contributed by atoms with van der Waals surface area (Å²) < 4.78 is 55.3. The number of sulfonamides is 1. The number of piperazine rings is 1. The number of halogens is 1. The van der Waals surface area contributed by atoms with Gasteiger partial charge in [0.05, 0.1) is 30.9 Å². The van der Waals surface area contributed by atoms with Gasteiger partial charge in [-0.15, -0.1) is 0 Å². The molecule has 3 aromatic rings. The van der Waals surface area contributed by atoms with Crippen molar-refractivity contribution in [1.82, 2.24) is 14.1 Å². The van der Waals surface area contributed by atoms with Crippen LogP contribution in [0.2, 0.25) is 0 Å². The smallest absolute Gasteiger partial charge is 0.316 e. The number of hydrogen-bond donors (Lipinski definition) is 0. The van der Waals surface area contributed by atoms with Crippen LogP contribution in [-0.4, -0.2) is 61.9 Å². The highest BCUT2D eigenvalue weighted by Crippen LogP contribution is 2.28. The molecule has 9 nitrogen and oxygen atoms in total. The van der Waals surface area contributed by atoms with Crippen molar-refractivity contribution >= 4 is 15.7 Å². The number of ether oxygens (including phenoxy) is 2. The van der Waals surface area contributed by atoms with E-state index in [1.807, 2.05) is 23.1 Å². The second-order valence-electron chi connectivity index (χ2n) is 11.2. The second kappa shape index (κ2) is 16.6. The zero-order valence-electron chi connectivity index (χ0n) is 25.9.